The predicted octanol–water partition coefficient (Wildman–Crippen LogP) is 3.08. The van der Waals surface area contributed by atoms with Crippen LogP contribution >= 0.6 is 25.1 Å². The summed E-state index contributed by atoms with van der Waals surface area (Å²) in [4.78, 5) is 27.2. The lowest BCUT2D eigenvalue weighted by Crippen LogP contribution is -2.46. The summed E-state index contributed by atoms with van der Waals surface area (Å²) >= 11 is 6.27. The van der Waals surface area contributed by atoms with Gasteiger partial charge in [0.1, 0.15) is 29.4 Å². The van der Waals surface area contributed by atoms with Crippen LogP contribution in [0.3, 0.4) is 0 Å². The van der Waals surface area contributed by atoms with Crippen LogP contribution in [-0.4, -0.2) is 35.7 Å². The van der Waals surface area contributed by atoms with Gasteiger partial charge in [0.2, 0.25) is 0 Å². The van der Waals surface area contributed by atoms with E-state index in [-0.39, 0.29) is 31.1 Å². The minimum Gasteiger partial charge on any atom is -0.345 e. The van der Waals surface area contributed by atoms with E-state index in [0.29, 0.717) is 33.0 Å². The number of nitrogens with zero attached hydrogens (tertiary/aromatic N) is 7. The van der Waals surface area contributed by atoms with Gasteiger partial charge in [-0.05, 0) is 31.7 Å². The zero-order valence-electron chi connectivity index (χ0n) is 16.4. The number of halogens is 1. The van der Waals surface area contributed by atoms with Crippen LogP contribution in [-0.2, 0) is 0 Å². The molecule has 0 aromatic carbocycles. The van der Waals surface area contributed by atoms with Crippen molar-refractivity contribution in [3.63, 3.8) is 0 Å². The first kappa shape index (κ1) is 19.9. The van der Waals surface area contributed by atoms with Crippen LogP contribution in [0.25, 0.3) is 16.6 Å². The number of aromatic nitrogens is 6. The van der Waals surface area contributed by atoms with E-state index >= 15 is 0 Å². The standard InChI is InChI=1S/C20H17ClN8O.H2S/c21-13-4-7-28-16(13)20(30)29(12-2-1-3-12)18(26-28)14-5-6-27(14)19-15-11(8-22)9-23-17(15)24-10-25-19;/h4,7,9-10,12,14H,1-3,5-6H2,(H,23,24,25);1H2/t14-;/m0./s1. The molecule has 1 aliphatic carbocycles. The number of anilines is 1. The van der Waals surface area contributed by atoms with Crippen LogP contribution in [0.4, 0.5) is 5.82 Å². The summed E-state index contributed by atoms with van der Waals surface area (Å²) in [7, 11) is 0. The third-order valence-electron chi connectivity index (χ3n) is 6.30. The van der Waals surface area contributed by atoms with E-state index in [1.54, 1.807) is 23.0 Å². The molecule has 0 unspecified atom stereocenters. The molecule has 4 aromatic heterocycles. The molecule has 6 rings (SSSR count). The Bertz CT molecular complexity index is 1410. The molecule has 0 bridgehead atoms. The molecule has 9 nitrogen and oxygen atoms in total. The summed E-state index contributed by atoms with van der Waals surface area (Å²) in [6.45, 7) is 0.762. The normalized spacial score (nSPS) is 18.5. The van der Waals surface area contributed by atoms with E-state index < -0.39 is 0 Å². The van der Waals surface area contributed by atoms with E-state index in [2.05, 4.69) is 25.9 Å². The average Bonchev–Trinajstić information content (AvgIpc) is 3.26. The molecule has 1 saturated heterocycles. The van der Waals surface area contributed by atoms with Crippen LogP contribution in [0, 0.1) is 11.3 Å². The fourth-order valence-electron chi connectivity index (χ4n) is 4.45. The van der Waals surface area contributed by atoms with Crippen molar-refractivity contribution < 1.29 is 0 Å². The predicted molar refractivity (Wildman–Crippen MR) is 121 cm³/mol. The largest absolute Gasteiger partial charge is 0.345 e. The lowest BCUT2D eigenvalue weighted by Gasteiger charge is -2.43. The zero-order chi connectivity index (χ0) is 20.4. The first-order valence-corrected chi connectivity index (χ1v) is 10.3. The quantitative estimate of drug-likeness (QED) is 0.509. The smallest absolute Gasteiger partial charge is 0.279 e. The Morgan fingerprint density at radius 2 is 2.10 bits per heavy atom. The fraction of sp³-hybridized carbons (Fsp3) is 0.350. The number of nitriles is 1. The summed E-state index contributed by atoms with van der Waals surface area (Å²) in [6, 6.07) is 3.94. The molecule has 4 aromatic rings. The lowest BCUT2D eigenvalue weighted by molar-refractivity contribution is 0.276. The Morgan fingerprint density at radius 3 is 2.77 bits per heavy atom. The molecule has 1 saturated carbocycles. The van der Waals surface area contributed by atoms with Crippen molar-refractivity contribution in [1.29, 1.82) is 5.26 Å². The second-order valence-electron chi connectivity index (χ2n) is 7.81. The highest BCUT2D eigenvalue weighted by Crippen LogP contribution is 2.41. The molecule has 5 heterocycles. The second kappa shape index (κ2) is 7.28. The number of nitrogens with one attached hydrogen (secondary N) is 1. The van der Waals surface area contributed by atoms with Crippen LogP contribution < -0.4 is 10.5 Å². The van der Waals surface area contributed by atoms with Gasteiger partial charge in [-0.15, -0.1) is 0 Å². The number of fused-ring (bicyclic) bond motifs is 2. The Balaban J connectivity index is 0.00000204. The van der Waals surface area contributed by atoms with Crippen LogP contribution in [0.2, 0.25) is 5.02 Å². The summed E-state index contributed by atoms with van der Waals surface area (Å²) in [5.74, 6) is 1.41. The number of H-pyrrole nitrogens is 1. The Labute approximate surface area is 188 Å². The van der Waals surface area contributed by atoms with Crippen molar-refractivity contribution in [3.05, 3.63) is 51.6 Å². The number of hydrogen-bond acceptors (Lipinski definition) is 6. The van der Waals surface area contributed by atoms with E-state index in [0.717, 1.165) is 38.1 Å². The fourth-order valence-corrected chi connectivity index (χ4v) is 4.67. The maximum Gasteiger partial charge on any atom is 0.279 e. The SMILES string of the molecule is N#Cc1c[nH]c2ncnc(N3CC[C@H]3c3nn4ccc(Cl)c4c(=O)n3C3CCC3)c12.S. The molecule has 1 aliphatic heterocycles. The Kier molecular flexibility index (Phi) is 4.68. The summed E-state index contributed by atoms with van der Waals surface area (Å²) in [5.41, 5.74) is 1.45. The average molecular weight is 455 g/mol. The molecular formula is C20H19ClN8OS. The van der Waals surface area contributed by atoms with Crippen molar-refractivity contribution >= 4 is 47.5 Å². The summed E-state index contributed by atoms with van der Waals surface area (Å²) < 4.78 is 3.42. The van der Waals surface area contributed by atoms with Gasteiger partial charge in [0.15, 0.2) is 5.82 Å². The van der Waals surface area contributed by atoms with Crippen LogP contribution in [0.5, 0.6) is 0 Å². The molecular weight excluding hydrogens is 436 g/mol. The summed E-state index contributed by atoms with van der Waals surface area (Å²) in [6.07, 6.45) is 8.73. The first-order valence-electron chi connectivity index (χ1n) is 9.95. The minimum atomic E-state index is -0.108. The molecule has 158 valence electrons. The molecule has 1 N–H and O–H groups in total. The molecule has 0 spiro atoms. The highest BCUT2D eigenvalue weighted by Gasteiger charge is 2.38. The van der Waals surface area contributed by atoms with E-state index in [1.165, 1.54) is 6.33 Å². The van der Waals surface area contributed by atoms with E-state index in [1.807, 2.05) is 4.57 Å². The molecule has 31 heavy (non-hydrogen) atoms. The molecule has 0 amide bonds. The van der Waals surface area contributed by atoms with Crippen molar-refractivity contribution in [2.45, 2.75) is 37.8 Å². The molecule has 2 aliphatic rings. The van der Waals surface area contributed by atoms with Crippen molar-refractivity contribution in [2.75, 3.05) is 11.4 Å². The van der Waals surface area contributed by atoms with Gasteiger partial charge in [0.25, 0.3) is 5.56 Å². The topological polar surface area (TPSA) is 108 Å². The van der Waals surface area contributed by atoms with Gasteiger partial charge in [-0.25, -0.2) is 14.5 Å². The monoisotopic (exact) mass is 454 g/mol. The van der Waals surface area contributed by atoms with Gasteiger partial charge in [-0.3, -0.25) is 9.36 Å². The lowest BCUT2D eigenvalue weighted by atomic mass is 9.91. The van der Waals surface area contributed by atoms with Crippen molar-refractivity contribution in [3.8, 4) is 6.07 Å². The van der Waals surface area contributed by atoms with Crippen molar-refractivity contribution in [2.24, 2.45) is 0 Å². The van der Waals surface area contributed by atoms with Gasteiger partial charge in [-0.1, -0.05) is 11.6 Å². The number of hydrogen-bond donors (Lipinski definition) is 1. The number of aromatic amines is 1. The Hall–Kier alpha value is -3.03. The van der Waals surface area contributed by atoms with E-state index in [9.17, 15) is 10.1 Å². The number of rotatable bonds is 3. The second-order valence-corrected chi connectivity index (χ2v) is 8.22. The highest BCUT2D eigenvalue weighted by atomic mass is 35.5. The third-order valence-corrected chi connectivity index (χ3v) is 6.60. The molecule has 1 atom stereocenters. The van der Waals surface area contributed by atoms with Gasteiger partial charge in [0.05, 0.1) is 22.0 Å². The van der Waals surface area contributed by atoms with Gasteiger partial charge in [0, 0.05) is 25.0 Å². The highest BCUT2D eigenvalue weighted by molar-refractivity contribution is 7.59. The van der Waals surface area contributed by atoms with Gasteiger partial charge >= 0.3 is 0 Å². The molecule has 2 fully saturated rings. The molecule has 0 radical (unpaired) electrons. The van der Waals surface area contributed by atoms with E-state index in [4.69, 9.17) is 16.7 Å². The zero-order valence-corrected chi connectivity index (χ0v) is 18.2. The van der Waals surface area contributed by atoms with Gasteiger partial charge < -0.3 is 9.88 Å². The minimum absolute atomic E-state index is 0. The third kappa shape index (κ3) is 2.77. The maximum atomic E-state index is 13.4. The van der Waals surface area contributed by atoms with Crippen LogP contribution in [0.1, 0.15) is 49.2 Å². The van der Waals surface area contributed by atoms with Crippen LogP contribution in [0.15, 0.2) is 29.6 Å². The first-order chi connectivity index (χ1) is 14.7. The Morgan fingerprint density at radius 1 is 1.26 bits per heavy atom. The maximum absolute atomic E-state index is 13.4. The summed E-state index contributed by atoms with van der Waals surface area (Å²) in [5, 5.41) is 15.4. The molecule has 11 heteroatoms. The van der Waals surface area contributed by atoms with Crippen molar-refractivity contribution in [1.82, 2.24) is 29.1 Å². The van der Waals surface area contributed by atoms with Gasteiger partial charge in [-0.2, -0.15) is 23.9 Å².